The van der Waals surface area contributed by atoms with E-state index >= 15 is 0 Å². The molecule has 0 aromatic rings. The van der Waals surface area contributed by atoms with Crippen molar-refractivity contribution in [2.24, 2.45) is 10.7 Å². The molecule has 3 nitrogen and oxygen atoms in total. The number of hydrogen-bond acceptors (Lipinski definition) is 2. The van der Waals surface area contributed by atoms with Crippen LogP contribution in [0.4, 0.5) is 0 Å². The van der Waals surface area contributed by atoms with Crippen LogP contribution >= 0.6 is 0 Å². The Labute approximate surface area is 64.6 Å². The van der Waals surface area contributed by atoms with Gasteiger partial charge in [0, 0.05) is 12.4 Å². The molecule has 0 spiro atoms. The van der Waals surface area contributed by atoms with Crippen LogP contribution in [0.15, 0.2) is 41.1 Å². The highest BCUT2D eigenvalue weighted by Gasteiger charge is 1.98. The van der Waals surface area contributed by atoms with Gasteiger partial charge in [0.05, 0.1) is 5.57 Å². The highest BCUT2D eigenvalue weighted by molar-refractivity contribution is 6.11. The average Bonchev–Trinajstić information content (AvgIpc) is 1.84. The van der Waals surface area contributed by atoms with E-state index in [2.05, 4.69) is 4.99 Å². The number of aliphatic imine (C=N–C) groups is 1. The lowest BCUT2D eigenvalue weighted by Crippen LogP contribution is -2.14. The van der Waals surface area contributed by atoms with Crippen molar-refractivity contribution in [3.8, 4) is 0 Å². The lowest BCUT2D eigenvalue weighted by atomic mass is 10.2. The Hall–Kier alpha value is -1.64. The Bertz CT molecular complexity index is 272. The summed E-state index contributed by atoms with van der Waals surface area (Å²) in [6.45, 7) is 0. The van der Waals surface area contributed by atoms with Crippen molar-refractivity contribution < 1.29 is 4.79 Å². The van der Waals surface area contributed by atoms with Gasteiger partial charge >= 0.3 is 0 Å². The van der Waals surface area contributed by atoms with Crippen molar-refractivity contribution >= 4 is 12.1 Å². The molecule has 1 rings (SSSR count). The van der Waals surface area contributed by atoms with Crippen LogP contribution in [-0.4, -0.2) is 12.1 Å². The van der Waals surface area contributed by atoms with Gasteiger partial charge in [-0.3, -0.25) is 9.79 Å². The van der Waals surface area contributed by atoms with Crippen molar-refractivity contribution in [3.63, 3.8) is 0 Å². The maximum atomic E-state index is 10.6. The molecule has 11 heavy (non-hydrogen) atoms. The molecule has 1 amide bonds. The first-order valence-electron chi connectivity index (χ1n) is 3.17. The van der Waals surface area contributed by atoms with Gasteiger partial charge < -0.3 is 5.73 Å². The molecular formula is C8H8N2O. The van der Waals surface area contributed by atoms with Crippen LogP contribution < -0.4 is 5.73 Å². The highest BCUT2D eigenvalue weighted by atomic mass is 16.1. The second-order valence-corrected chi connectivity index (χ2v) is 1.99. The molecule has 56 valence electrons. The zero-order chi connectivity index (χ0) is 8.10. The summed E-state index contributed by atoms with van der Waals surface area (Å²) in [4.78, 5) is 14.4. The average molecular weight is 148 g/mol. The monoisotopic (exact) mass is 148 g/mol. The van der Waals surface area contributed by atoms with Gasteiger partial charge in [-0.25, -0.2) is 0 Å². The Morgan fingerprint density at radius 1 is 1.36 bits per heavy atom. The van der Waals surface area contributed by atoms with Crippen molar-refractivity contribution in [2.75, 3.05) is 0 Å². The van der Waals surface area contributed by atoms with Crippen molar-refractivity contribution in [1.82, 2.24) is 0 Å². The minimum Gasteiger partial charge on any atom is -0.366 e. The van der Waals surface area contributed by atoms with Crippen LogP contribution in [0.2, 0.25) is 0 Å². The molecule has 0 atom stereocenters. The Kier molecular flexibility index (Phi) is 2.38. The number of primary amides is 1. The second kappa shape index (κ2) is 3.51. The lowest BCUT2D eigenvalue weighted by molar-refractivity contribution is -0.114. The molecular weight excluding hydrogens is 140 g/mol. The third kappa shape index (κ3) is 2.21. The molecule has 0 fully saturated rings. The summed E-state index contributed by atoms with van der Waals surface area (Å²) in [6.07, 6.45) is 9.93. The molecule has 0 aromatic carbocycles. The maximum Gasteiger partial charge on any atom is 0.250 e. The van der Waals surface area contributed by atoms with Crippen LogP contribution in [0.3, 0.4) is 0 Å². The maximum absolute atomic E-state index is 10.6. The Morgan fingerprint density at radius 2 is 2.18 bits per heavy atom. The lowest BCUT2D eigenvalue weighted by Gasteiger charge is -1.92. The number of hydrogen-bond donors (Lipinski definition) is 1. The van der Waals surface area contributed by atoms with E-state index < -0.39 is 5.91 Å². The highest BCUT2D eigenvalue weighted by Crippen LogP contribution is 1.94. The van der Waals surface area contributed by atoms with Crippen molar-refractivity contribution in [3.05, 3.63) is 36.1 Å². The van der Waals surface area contributed by atoms with E-state index in [1.54, 1.807) is 30.5 Å². The number of nitrogens with two attached hydrogens (primary N) is 1. The topological polar surface area (TPSA) is 55.5 Å². The van der Waals surface area contributed by atoms with Crippen LogP contribution in [-0.2, 0) is 4.79 Å². The third-order valence-corrected chi connectivity index (χ3v) is 1.17. The number of rotatable bonds is 1. The number of allylic oxidation sites excluding steroid dienone is 4. The zero-order valence-electron chi connectivity index (χ0n) is 5.90. The van der Waals surface area contributed by atoms with Crippen LogP contribution in [0, 0.1) is 0 Å². The van der Waals surface area contributed by atoms with Gasteiger partial charge in [-0.1, -0.05) is 12.2 Å². The molecule has 1 aliphatic rings. The van der Waals surface area contributed by atoms with Gasteiger partial charge in [-0.2, -0.15) is 0 Å². The molecule has 2 N–H and O–H groups in total. The predicted molar refractivity (Wildman–Crippen MR) is 44.0 cm³/mol. The predicted octanol–water partition coefficient (Wildman–Crippen LogP) is 0.552. The van der Waals surface area contributed by atoms with E-state index in [1.165, 1.54) is 6.21 Å². The Morgan fingerprint density at radius 3 is 2.91 bits per heavy atom. The standard InChI is InChI=1S/C8H8N2O/c9-8(11)7-4-2-1-3-5-10-6-7/h1-6H,(H2,9,11)/b2-1-,3-1?,4-2?,5-3-,7-4+,7-6?,10-5?,10-6-. The normalized spacial score (nSPS) is 28.9. The fraction of sp³-hybridized carbons (Fsp3) is 0. The van der Waals surface area contributed by atoms with Crippen LogP contribution in [0.5, 0.6) is 0 Å². The van der Waals surface area contributed by atoms with Crippen LogP contribution in [0.25, 0.3) is 0 Å². The Balaban J connectivity index is 2.87. The van der Waals surface area contributed by atoms with E-state index in [9.17, 15) is 4.79 Å². The number of amides is 1. The second-order valence-electron chi connectivity index (χ2n) is 1.99. The van der Waals surface area contributed by atoms with Gasteiger partial charge in [-0.15, -0.1) is 0 Å². The van der Waals surface area contributed by atoms with Gasteiger partial charge in [0.25, 0.3) is 0 Å². The molecule has 0 unspecified atom stereocenters. The van der Waals surface area contributed by atoms with E-state index in [4.69, 9.17) is 5.73 Å². The summed E-state index contributed by atoms with van der Waals surface area (Å²) in [7, 11) is 0. The molecule has 3 heteroatoms. The van der Waals surface area contributed by atoms with Gasteiger partial charge in [0.2, 0.25) is 5.91 Å². The molecule has 0 saturated heterocycles. The summed E-state index contributed by atoms with van der Waals surface area (Å²) in [5.74, 6) is -0.464. The van der Waals surface area contributed by atoms with E-state index in [0.29, 0.717) is 5.57 Å². The minimum absolute atomic E-state index is 0.408. The number of carbonyl (C=O) groups excluding carboxylic acids is 1. The fourth-order valence-electron chi connectivity index (χ4n) is 0.635. The first-order chi connectivity index (χ1) is 5.30. The molecule has 0 aliphatic carbocycles. The van der Waals surface area contributed by atoms with Crippen LogP contribution in [0.1, 0.15) is 0 Å². The number of nitrogens with zero attached hydrogens (tertiary/aromatic N) is 1. The quantitative estimate of drug-likeness (QED) is 0.580. The van der Waals surface area contributed by atoms with Gasteiger partial charge in [-0.05, 0) is 12.2 Å². The van der Waals surface area contributed by atoms with Gasteiger partial charge in [0.15, 0.2) is 0 Å². The molecule has 0 radical (unpaired) electrons. The fourth-order valence-corrected chi connectivity index (χ4v) is 0.635. The van der Waals surface area contributed by atoms with Gasteiger partial charge in [0.1, 0.15) is 0 Å². The summed E-state index contributed by atoms with van der Waals surface area (Å²) < 4.78 is 0. The third-order valence-electron chi connectivity index (χ3n) is 1.17. The van der Waals surface area contributed by atoms with Crippen molar-refractivity contribution in [1.29, 1.82) is 0 Å². The first kappa shape index (κ1) is 7.47. The minimum atomic E-state index is -0.464. The van der Waals surface area contributed by atoms with E-state index in [-0.39, 0.29) is 0 Å². The number of carbonyl (C=O) groups is 1. The molecule has 1 aliphatic heterocycles. The van der Waals surface area contributed by atoms with Crippen molar-refractivity contribution in [2.45, 2.75) is 0 Å². The smallest absolute Gasteiger partial charge is 0.250 e. The molecule has 0 saturated carbocycles. The first-order valence-corrected chi connectivity index (χ1v) is 3.17. The SMILES string of the molecule is NC(=O)C1=C/C=C\C=C/N=C\1. The molecule has 0 aromatic heterocycles. The van der Waals surface area contributed by atoms with E-state index in [1.807, 2.05) is 0 Å². The van der Waals surface area contributed by atoms with E-state index in [0.717, 1.165) is 0 Å². The summed E-state index contributed by atoms with van der Waals surface area (Å²) in [5, 5.41) is 0. The largest absolute Gasteiger partial charge is 0.366 e. The summed E-state index contributed by atoms with van der Waals surface area (Å²) >= 11 is 0. The summed E-state index contributed by atoms with van der Waals surface area (Å²) in [5.41, 5.74) is 5.44. The zero-order valence-corrected chi connectivity index (χ0v) is 5.90. The summed E-state index contributed by atoms with van der Waals surface area (Å²) in [6, 6.07) is 0. The molecule has 0 bridgehead atoms. The molecule has 1 heterocycles.